The number of rotatable bonds is 2. The Hall–Kier alpha value is -1.73. The molecule has 1 aliphatic heterocycles. The van der Waals surface area contributed by atoms with Crippen LogP contribution >= 0.6 is 0 Å². The molecular formula is C10H8FNO4S. The van der Waals surface area contributed by atoms with Gasteiger partial charge >= 0.3 is 5.97 Å². The Morgan fingerprint density at radius 3 is 2.59 bits per heavy atom. The third-order valence-corrected chi connectivity index (χ3v) is 4.40. The van der Waals surface area contributed by atoms with E-state index in [-0.39, 0.29) is 10.5 Å². The number of fused-ring (bicyclic) bond motifs is 1. The van der Waals surface area contributed by atoms with Gasteiger partial charge in [-0.2, -0.15) is 0 Å². The summed E-state index contributed by atoms with van der Waals surface area (Å²) in [6, 6.07) is 1.87. The minimum atomic E-state index is -4.00. The monoisotopic (exact) mass is 257 g/mol. The molecular weight excluding hydrogens is 249 g/mol. The van der Waals surface area contributed by atoms with Gasteiger partial charge in [0.25, 0.3) is 0 Å². The van der Waals surface area contributed by atoms with E-state index in [1.807, 2.05) is 0 Å². The van der Waals surface area contributed by atoms with Gasteiger partial charge in [0.1, 0.15) is 11.9 Å². The van der Waals surface area contributed by atoms with Crippen molar-refractivity contribution >= 4 is 21.9 Å². The highest BCUT2D eigenvalue weighted by Gasteiger charge is 2.37. The number of sulfone groups is 1. The predicted molar refractivity (Wildman–Crippen MR) is 57.2 cm³/mol. The van der Waals surface area contributed by atoms with E-state index in [1.165, 1.54) is 12.1 Å². The van der Waals surface area contributed by atoms with Gasteiger partial charge in [-0.1, -0.05) is 6.07 Å². The van der Waals surface area contributed by atoms with Crippen molar-refractivity contribution in [2.45, 2.75) is 10.9 Å². The zero-order valence-corrected chi connectivity index (χ0v) is 9.24. The summed E-state index contributed by atoms with van der Waals surface area (Å²) >= 11 is 0. The van der Waals surface area contributed by atoms with Crippen LogP contribution in [-0.4, -0.2) is 25.5 Å². The third kappa shape index (κ3) is 1.63. The topological polar surface area (TPSA) is 97.5 Å². The summed E-state index contributed by atoms with van der Waals surface area (Å²) < 4.78 is 37.2. The van der Waals surface area contributed by atoms with E-state index < -0.39 is 32.6 Å². The van der Waals surface area contributed by atoms with Crippen molar-refractivity contribution in [3.05, 3.63) is 34.5 Å². The molecule has 17 heavy (non-hydrogen) atoms. The minimum Gasteiger partial charge on any atom is -0.480 e. The molecule has 1 heterocycles. The molecule has 0 spiro atoms. The first-order valence-electron chi connectivity index (χ1n) is 4.59. The molecule has 0 saturated carbocycles. The molecule has 90 valence electrons. The van der Waals surface area contributed by atoms with Crippen molar-refractivity contribution in [1.82, 2.24) is 0 Å². The summed E-state index contributed by atoms with van der Waals surface area (Å²) in [6.45, 7) is 0. The van der Waals surface area contributed by atoms with Crippen LogP contribution in [-0.2, 0) is 14.6 Å². The second kappa shape index (κ2) is 3.64. The second-order valence-corrected chi connectivity index (χ2v) is 5.44. The first kappa shape index (κ1) is 11.7. The van der Waals surface area contributed by atoms with Crippen LogP contribution < -0.4 is 5.73 Å². The van der Waals surface area contributed by atoms with Crippen molar-refractivity contribution in [3.8, 4) is 0 Å². The highest BCUT2D eigenvalue weighted by atomic mass is 32.2. The number of hydrogen-bond donors (Lipinski definition) is 2. The molecule has 0 amide bonds. The smallest absolute Gasteiger partial charge is 0.325 e. The normalized spacial score (nSPS) is 18.4. The fourth-order valence-corrected chi connectivity index (χ4v) is 3.28. The van der Waals surface area contributed by atoms with Gasteiger partial charge in [-0.05, 0) is 18.2 Å². The van der Waals surface area contributed by atoms with Gasteiger partial charge < -0.3 is 10.8 Å². The first-order valence-corrected chi connectivity index (χ1v) is 6.07. The fourth-order valence-electron chi connectivity index (χ4n) is 1.62. The lowest BCUT2D eigenvalue weighted by molar-refractivity contribution is -0.137. The molecule has 5 nitrogen and oxygen atoms in total. The summed E-state index contributed by atoms with van der Waals surface area (Å²) in [5.41, 5.74) is 5.12. The van der Waals surface area contributed by atoms with Gasteiger partial charge in [-0.15, -0.1) is 0 Å². The number of carboxylic acid groups (broad SMARTS) is 1. The van der Waals surface area contributed by atoms with Crippen LogP contribution in [0.25, 0.3) is 6.08 Å². The molecule has 3 N–H and O–H groups in total. The predicted octanol–water partition coefficient (Wildman–Crippen LogP) is 0.366. The van der Waals surface area contributed by atoms with E-state index in [2.05, 4.69) is 0 Å². The number of nitrogens with two attached hydrogens (primary N) is 1. The largest absolute Gasteiger partial charge is 0.480 e. The zero-order valence-electron chi connectivity index (χ0n) is 8.42. The van der Waals surface area contributed by atoms with Crippen molar-refractivity contribution in [1.29, 1.82) is 0 Å². The van der Waals surface area contributed by atoms with Crippen molar-refractivity contribution in [2.24, 2.45) is 5.73 Å². The average molecular weight is 257 g/mol. The van der Waals surface area contributed by atoms with Gasteiger partial charge in [-0.25, -0.2) is 12.8 Å². The molecule has 0 radical (unpaired) electrons. The Morgan fingerprint density at radius 2 is 2.06 bits per heavy atom. The second-order valence-electron chi connectivity index (χ2n) is 3.52. The molecule has 0 aromatic heterocycles. The maximum Gasteiger partial charge on any atom is 0.325 e. The zero-order chi connectivity index (χ0) is 12.8. The lowest BCUT2D eigenvalue weighted by Gasteiger charge is -2.07. The molecule has 1 unspecified atom stereocenters. The number of carbonyl (C=O) groups is 1. The van der Waals surface area contributed by atoms with E-state index in [4.69, 9.17) is 10.8 Å². The lowest BCUT2D eigenvalue weighted by atomic mass is 10.1. The highest BCUT2D eigenvalue weighted by Crippen LogP contribution is 2.35. The molecule has 1 aromatic rings. The standard InChI is InChI=1S/C10H8FNO4S/c11-6-2-1-3-7-5(6)4-8(17(7,15)16)9(12)10(13)14/h1-4,9H,12H2,(H,13,14). The van der Waals surface area contributed by atoms with Crippen LogP contribution in [0.5, 0.6) is 0 Å². The van der Waals surface area contributed by atoms with E-state index in [0.29, 0.717) is 0 Å². The van der Waals surface area contributed by atoms with Crippen LogP contribution in [0.1, 0.15) is 5.56 Å². The third-order valence-electron chi connectivity index (χ3n) is 2.47. The van der Waals surface area contributed by atoms with Crippen LogP contribution in [0.2, 0.25) is 0 Å². The maximum absolute atomic E-state index is 13.4. The van der Waals surface area contributed by atoms with Crippen molar-refractivity contribution in [3.63, 3.8) is 0 Å². The number of benzene rings is 1. The average Bonchev–Trinajstić information content (AvgIpc) is 2.51. The summed E-state index contributed by atoms with van der Waals surface area (Å²) in [5, 5.41) is 8.70. The lowest BCUT2D eigenvalue weighted by Crippen LogP contribution is -2.34. The first-order chi connectivity index (χ1) is 7.85. The van der Waals surface area contributed by atoms with Crippen LogP contribution in [0.3, 0.4) is 0 Å². The maximum atomic E-state index is 13.4. The summed E-state index contributed by atoms with van der Waals surface area (Å²) in [4.78, 5) is 9.94. The van der Waals surface area contributed by atoms with E-state index in [0.717, 1.165) is 12.1 Å². The minimum absolute atomic E-state index is 0.140. The van der Waals surface area contributed by atoms with Gasteiger partial charge in [0, 0.05) is 5.56 Å². The quantitative estimate of drug-likeness (QED) is 0.797. The van der Waals surface area contributed by atoms with Crippen LogP contribution in [0.15, 0.2) is 28.0 Å². The summed E-state index contributed by atoms with van der Waals surface area (Å²) in [7, 11) is -4.00. The van der Waals surface area contributed by atoms with Crippen LogP contribution in [0.4, 0.5) is 4.39 Å². The highest BCUT2D eigenvalue weighted by molar-refractivity contribution is 7.96. The molecule has 0 saturated heterocycles. The molecule has 1 aromatic carbocycles. The SMILES string of the molecule is NC(C(=O)O)C1=Cc2c(F)cccc2S1(=O)=O. The molecule has 0 fully saturated rings. The molecule has 7 heteroatoms. The molecule has 0 bridgehead atoms. The molecule has 0 aliphatic carbocycles. The molecule has 1 atom stereocenters. The van der Waals surface area contributed by atoms with Gasteiger partial charge in [0.15, 0.2) is 0 Å². The van der Waals surface area contributed by atoms with Gasteiger partial charge in [-0.3, -0.25) is 4.79 Å². The summed E-state index contributed by atoms with van der Waals surface area (Å²) in [6.07, 6.45) is 0.971. The fraction of sp³-hybridized carbons (Fsp3) is 0.100. The number of hydrogen-bond acceptors (Lipinski definition) is 4. The Morgan fingerprint density at radius 1 is 1.41 bits per heavy atom. The Balaban J connectivity index is 2.67. The van der Waals surface area contributed by atoms with Gasteiger partial charge in [0.05, 0.1) is 9.80 Å². The van der Waals surface area contributed by atoms with E-state index in [9.17, 15) is 17.6 Å². The number of halogens is 1. The number of carboxylic acids is 1. The van der Waals surface area contributed by atoms with E-state index in [1.54, 1.807) is 0 Å². The van der Waals surface area contributed by atoms with E-state index >= 15 is 0 Å². The van der Waals surface area contributed by atoms with Gasteiger partial charge in [0.2, 0.25) is 9.84 Å². The molecule has 1 aliphatic rings. The van der Waals surface area contributed by atoms with Crippen molar-refractivity contribution < 1.29 is 22.7 Å². The molecule has 2 rings (SSSR count). The Bertz CT molecular complexity index is 636. The summed E-state index contributed by atoms with van der Waals surface area (Å²) in [5.74, 6) is -2.20. The van der Waals surface area contributed by atoms with Crippen LogP contribution in [0, 0.1) is 5.82 Å². The Kier molecular flexibility index (Phi) is 2.52. The number of aliphatic carboxylic acids is 1. The Labute approximate surface area is 96.3 Å². The van der Waals surface area contributed by atoms with Crippen molar-refractivity contribution in [2.75, 3.05) is 0 Å².